The molecule has 0 fully saturated rings. The fraction of sp³-hybridized carbons (Fsp3) is 0.333. The largest absolute Gasteiger partial charge is 0.487 e. The van der Waals surface area contributed by atoms with Gasteiger partial charge in [0.1, 0.15) is 29.5 Å². The van der Waals surface area contributed by atoms with Gasteiger partial charge in [0.2, 0.25) is 5.91 Å². The van der Waals surface area contributed by atoms with E-state index in [4.69, 9.17) is 4.74 Å². The molecule has 4 rings (SSSR count). The number of aliphatic carboxylic acids is 1. The first-order chi connectivity index (χ1) is 17.5. The van der Waals surface area contributed by atoms with Gasteiger partial charge in [0.25, 0.3) is 0 Å². The number of benzene rings is 3. The molecule has 0 radical (unpaired) electrons. The number of ether oxygens (including phenoxy) is 1. The van der Waals surface area contributed by atoms with E-state index in [0.717, 1.165) is 46.4 Å². The van der Waals surface area contributed by atoms with Crippen LogP contribution < -0.4 is 4.74 Å². The molecule has 0 saturated carbocycles. The first-order valence-electron chi connectivity index (χ1n) is 12.3. The third-order valence-electron chi connectivity index (χ3n) is 6.60. The van der Waals surface area contributed by atoms with Gasteiger partial charge in [0, 0.05) is 25.5 Å². The number of carbonyl (C=O) groups excluding carboxylic acids is 1. The second-order valence-corrected chi connectivity index (χ2v) is 10.3. The lowest BCUT2D eigenvalue weighted by atomic mass is 9.90. The van der Waals surface area contributed by atoms with Gasteiger partial charge in [-0.2, -0.15) is 0 Å². The van der Waals surface area contributed by atoms with Crippen molar-refractivity contribution in [3.8, 4) is 5.75 Å². The maximum absolute atomic E-state index is 13.6. The Hall–Kier alpha value is -3.74. The Morgan fingerprint density at radius 1 is 0.973 bits per heavy atom. The molecule has 1 heterocycles. The van der Waals surface area contributed by atoms with Crippen LogP contribution in [-0.2, 0) is 35.4 Å². The highest BCUT2D eigenvalue weighted by atomic mass is 19.1. The number of hydrogen-bond donors (Lipinski definition) is 1. The zero-order chi connectivity index (χ0) is 26.7. The van der Waals surface area contributed by atoms with Crippen LogP contribution in [0.15, 0.2) is 60.7 Å². The van der Waals surface area contributed by atoms with Crippen LogP contribution in [-0.4, -0.2) is 34.0 Å². The van der Waals surface area contributed by atoms with E-state index in [2.05, 4.69) is 45.0 Å². The van der Waals surface area contributed by atoms with E-state index < -0.39 is 35.7 Å². The van der Waals surface area contributed by atoms with Crippen molar-refractivity contribution < 1.29 is 28.2 Å². The monoisotopic (exact) mass is 507 g/mol. The third kappa shape index (κ3) is 6.73. The van der Waals surface area contributed by atoms with Crippen molar-refractivity contribution in [2.75, 3.05) is 6.54 Å². The lowest BCUT2D eigenvalue weighted by molar-refractivity contribution is -0.144. The summed E-state index contributed by atoms with van der Waals surface area (Å²) in [6, 6.07) is 17.0. The Labute approximate surface area is 215 Å². The van der Waals surface area contributed by atoms with Crippen molar-refractivity contribution >= 4 is 11.9 Å². The van der Waals surface area contributed by atoms with Crippen LogP contribution in [0.2, 0.25) is 0 Å². The Morgan fingerprint density at radius 3 is 2.24 bits per heavy atom. The number of amides is 1. The predicted octanol–water partition coefficient (Wildman–Crippen LogP) is 5.68. The van der Waals surface area contributed by atoms with Gasteiger partial charge in [-0.25, -0.2) is 8.78 Å². The molecule has 0 saturated heterocycles. The number of carboxylic acids is 1. The van der Waals surface area contributed by atoms with Crippen LogP contribution in [0.1, 0.15) is 54.5 Å². The van der Waals surface area contributed by atoms with Crippen LogP contribution in [0.4, 0.5) is 8.78 Å². The van der Waals surface area contributed by atoms with Crippen LogP contribution in [0, 0.1) is 11.6 Å². The minimum atomic E-state index is -1.20. The lowest BCUT2D eigenvalue weighted by Gasteiger charge is -2.24. The topological polar surface area (TPSA) is 66.8 Å². The number of nitrogens with zero attached hydrogens (tertiary/aromatic N) is 1. The summed E-state index contributed by atoms with van der Waals surface area (Å²) < 4.78 is 33.5. The van der Waals surface area contributed by atoms with E-state index in [0.29, 0.717) is 12.3 Å². The Bertz CT molecular complexity index is 1290. The molecule has 1 amide bonds. The van der Waals surface area contributed by atoms with Crippen molar-refractivity contribution in [2.24, 2.45) is 0 Å². The molecule has 0 aromatic heterocycles. The molecule has 0 aliphatic carbocycles. The molecule has 1 unspecified atom stereocenters. The van der Waals surface area contributed by atoms with Gasteiger partial charge >= 0.3 is 5.97 Å². The molecular formula is C30H31F2NO4. The van der Waals surface area contributed by atoms with Gasteiger partial charge in [-0.1, -0.05) is 50.2 Å². The maximum Gasteiger partial charge on any atom is 0.323 e. The molecule has 3 aromatic rings. The van der Waals surface area contributed by atoms with Crippen molar-refractivity contribution in [3.63, 3.8) is 0 Å². The molecule has 37 heavy (non-hydrogen) atoms. The van der Waals surface area contributed by atoms with Crippen LogP contribution >= 0.6 is 0 Å². The Balaban J connectivity index is 1.45. The van der Waals surface area contributed by atoms with Crippen molar-refractivity contribution in [2.45, 2.75) is 58.1 Å². The summed E-state index contributed by atoms with van der Waals surface area (Å²) in [4.78, 5) is 25.5. The summed E-state index contributed by atoms with van der Waals surface area (Å²) in [5.74, 6) is -1.97. The highest BCUT2D eigenvalue weighted by Crippen LogP contribution is 2.37. The molecule has 3 aromatic carbocycles. The van der Waals surface area contributed by atoms with Crippen LogP contribution in [0.5, 0.6) is 5.75 Å². The standard InChI is InChI=1S/C30H31F2NO4/c1-19(2)23-7-4-20(5-8-23)15-30(3)16-24-10-21(6-9-27(24)37-30)13-28(34)33(18-29(35)36)17-22-11-25(31)14-26(32)12-22/h4-12,14,19H,13,15-18H2,1-3H3,(H,35,36). The summed E-state index contributed by atoms with van der Waals surface area (Å²) in [7, 11) is 0. The molecule has 7 heteroatoms. The van der Waals surface area contributed by atoms with Crippen molar-refractivity contribution in [1.82, 2.24) is 4.90 Å². The second kappa shape index (κ2) is 10.7. The van der Waals surface area contributed by atoms with E-state index in [1.165, 1.54) is 11.1 Å². The highest BCUT2D eigenvalue weighted by molar-refractivity contribution is 5.83. The molecule has 1 atom stereocenters. The second-order valence-electron chi connectivity index (χ2n) is 10.3. The summed E-state index contributed by atoms with van der Waals surface area (Å²) in [6.07, 6.45) is 1.38. The first kappa shape index (κ1) is 26.3. The number of carboxylic acid groups (broad SMARTS) is 1. The van der Waals surface area contributed by atoms with Gasteiger partial charge < -0.3 is 14.7 Å². The average molecular weight is 508 g/mol. The van der Waals surface area contributed by atoms with Gasteiger partial charge in [0.05, 0.1) is 6.42 Å². The quantitative estimate of drug-likeness (QED) is 0.405. The summed E-state index contributed by atoms with van der Waals surface area (Å²) in [5.41, 5.74) is 3.96. The van der Waals surface area contributed by atoms with Crippen LogP contribution in [0.25, 0.3) is 0 Å². The molecular weight excluding hydrogens is 476 g/mol. The molecule has 1 aliphatic heterocycles. The molecule has 5 nitrogen and oxygen atoms in total. The summed E-state index contributed by atoms with van der Waals surface area (Å²) in [6.45, 7) is 5.62. The van der Waals surface area contributed by atoms with Crippen molar-refractivity contribution in [1.29, 1.82) is 0 Å². The highest BCUT2D eigenvalue weighted by Gasteiger charge is 2.35. The lowest BCUT2D eigenvalue weighted by Crippen LogP contribution is -2.36. The number of carbonyl (C=O) groups is 2. The number of hydrogen-bond acceptors (Lipinski definition) is 3. The minimum Gasteiger partial charge on any atom is -0.487 e. The van der Waals surface area contributed by atoms with E-state index in [-0.39, 0.29) is 18.5 Å². The van der Waals surface area contributed by atoms with Gasteiger partial charge in [0.15, 0.2) is 0 Å². The summed E-state index contributed by atoms with van der Waals surface area (Å²) in [5, 5.41) is 9.28. The van der Waals surface area contributed by atoms with Crippen molar-refractivity contribution in [3.05, 3.63) is 100 Å². The van der Waals surface area contributed by atoms with Gasteiger partial charge in [-0.05, 0) is 58.9 Å². The van der Waals surface area contributed by atoms with E-state index in [1.807, 2.05) is 12.1 Å². The molecule has 1 N–H and O–H groups in total. The Kier molecular flexibility index (Phi) is 7.62. The predicted molar refractivity (Wildman–Crippen MR) is 137 cm³/mol. The number of fused-ring (bicyclic) bond motifs is 1. The average Bonchev–Trinajstić information content (AvgIpc) is 3.13. The number of rotatable bonds is 9. The molecule has 1 aliphatic rings. The van der Waals surface area contributed by atoms with E-state index >= 15 is 0 Å². The minimum absolute atomic E-state index is 0.0360. The van der Waals surface area contributed by atoms with Gasteiger partial charge in [-0.15, -0.1) is 0 Å². The number of halogens is 2. The van der Waals surface area contributed by atoms with Gasteiger partial charge in [-0.3, -0.25) is 9.59 Å². The SMILES string of the molecule is CC(C)c1ccc(CC2(C)Cc3cc(CC(=O)N(CC(=O)O)Cc4cc(F)cc(F)c4)ccc3O2)cc1. The van der Waals surface area contributed by atoms with Crippen LogP contribution in [0.3, 0.4) is 0 Å². The fourth-order valence-electron chi connectivity index (χ4n) is 4.84. The smallest absolute Gasteiger partial charge is 0.323 e. The zero-order valence-corrected chi connectivity index (χ0v) is 21.3. The fourth-order valence-corrected chi connectivity index (χ4v) is 4.84. The molecule has 194 valence electrons. The molecule has 0 bridgehead atoms. The van der Waals surface area contributed by atoms with E-state index in [9.17, 15) is 23.5 Å². The summed E-state index contributed by atoms with van der Waals surface area (Å²) >= 11 is 0. The third-order valence-corrected chi connectivity index (χ3v) is 6.60. The molecule has 0 spiro atoms. The first-order valence-corrected chi connectivity index (χ1v) is 12.3. The Morgan fingerprint density at radius 2 is 1.62 bits per heavy atom. The maximum atomic E-state index is 13.6. The zero-order valence-electron chi connectivity index (χ0n) is 21.3. The van der Waals surface area contributed by atoms with E-state index in [1.54, 1.807) is 6.07 Å². The normalized spacial score (nSPS) is 16.4.